The van der Waals surface area contributed by atoms with Crippen molar-refractivity contribution >= 4 is 11.3 Å². The summed E-state index contributed by atoms with van der Waals surface area (Å²) in [7, 11) is 1.49. The summed E-state index contributed by atoms with van der Waals surface area (Å²) in [4.78, 5) is 2.56. The molecule has 1 atom stereocenters. The highest BCUT2D eigenvalue weighted by molar-refractivity contribution is 7.12. The van der Waals surface area contributed by atoms with E-state index in [9.17, 15) is 4.39 Å². The molecule has 2 nitrogen and oxygen atoms in total. The molecule has 4 heteroatoms. The standard InChI is InChI=1S/C16H20FNOS/c1-5-18-15(16-10(2)8-11(3)20-16)12-6-7-13(17)14(9-12)19-4/h6-9,15,18H,5H2,1-4H3. The van der Waals surface area contributed by atoms with E-state index in [4.69, 9.17) is 4.74 Å². The van der Waals surface area contributed by atoms with E-state index in [1.807, 2.05) is 6.07 Å². The molecule has 108 valence electrons. The smallest absolute Gasteiger partial charge is 0.165 e. The lowest BCUT2D eigenvalue weighted by Gasteiger charge is -2.19. The molecule has 0 radical (unpaired) electrons. The second-order valence-electron chi connectivity index (χ2n) is 4.79. The van der Waals surface area contributed by atoms with Gasteiger partial charge in [-0.25, -0.2) is 4.39 Å². The van der Waals surface area contributed by atoms with Gasteiger partial charge in [0.2, 0.25) is 0 Å². The molecule has 1 aromatic heterocycles. The van der Waals surface area contributed by atoms with Crippen LogP contribution in [-0.4, -0.2) is 13.7 Å². The first kappa shape index (κ1) is 15.0. The van der Waals surface area contributed by atoms with E-state index in [1.54, 1.807) is 17.4 Å². The fourth-order valence-electron chi connectivity index (χ4n) is 2.37. The third-order valence-corrected chi connectivity index (χ3v) is 4.48. The Hall–Kier alpha value is -1.39. The van der Waals surface area contributed by atoms with Gasteiger partial charge < -0.3 is 10.1 Å². The van der Waals surface area contributed by atoms with Crippen molar-refractivity contribution in [1.29, 1.82) is 0 Å². The van der Waals surface area contributed by atoms with E-state index in [0.29, 0.717) is 0 Å². The molecule has 1 aromatic carbocycles. The van der Waals surface area contributed by atoms with Gasteiger partial charge in [0, 0.05) is 9.75 Å². The summed E-state index contributed by atoms with van der Waals surface area (Å²) < 4.78 is 18.6. The molecular weight excluding hydrogens is 273 g/mol. The molecular formula is C16H20FNOS. The Balaban J connectivity index is 2.45. The Kier molecular flexibility index (Phi) is 4.78. The number of rotatable bonds is 5. The molecule has 1 N–H and O–H groups in total. The van der Waals surface area contributed by atoms with Crippen molar-refractivity contribution in [1.82, 2.24) is 5.32 Å². The van der Waals surface area contributed by atoms with Crippen LogP contribution in [0.5, 0.6) is 5.75 Å². The SMILES string of the molecule is CCNC(c1ccc(F)c(OC)c1)c1sc(C)cc1C. The van der Waals surface area contributed by atoms with Gasteiger partial charge in [-0.2, -0.15) is 0 Å². The van der Waals surface area contributed by atoms with Crippen molar-refractivity contribution in [2.45, 2.75) is 26.8 Å². The third-order valence-electron chi connectivity index (χ3n) is 3.26. The number of benzene rings is 1. The van der Waals surface area contributed by atoms with Crippen molar-refractivity contribution in [3.8, 4) is 5.75 Å². The summed E-state index contributed by atoms with van der Waals surface area (Å²) in [6.45, 7) is 7.14. The predicted molar refractivity (Wildman–Crippen MR) is 82.3 cm³/mol. The second kappa shape index (κ2) is 6.37. The van der Waals surface area contributed by atoms with Gasteiger partial charge in [-0.05, 0) is 49.7 Å². The molecule has 0 aliphatic carbocycles. The Morgan fingerprint density at radius 1 is 1.30 bits per heavy atom. The first-order valence-corrected chi connectivity index (χ1v) is 7.52. The van der Waals surface area contributed by atoms with Crippen LogP contribution in [0.4, 0.5) is 4.39 Å². The fraction of sp³-hybridized carbons (Fsp3) is 0.375. The number of ether oxygens (including phenoxy) is 1. The van der Waals surface area contributed by atoms with Gasteiger partial charge in [-0.3, -0.25) is 0 Å². The van der Waals surface area contributed by atoms with E-state index in [2.05, 4.69) is 32.2 Å². The van der Waals surface area contributed by atoms with Crippen molar-refractivity contribution < 1.29 is 9.13 Å². The number of hydrogen-bond acceptors (Lipinski definition) is 3. The number of methoxy groups -OCH3 is 1. The van der Waals surface area contributed by atoms with Gasteiger partial charge in [0.15, 0.2) is 11.6 Å². The zero-order valence-electron chi connectivity index (χ0n) is 12.3. The highest BCUT2D eigenvalue weighted by Crippen LogP contribution is 2.33. The molecule has 0 aliphatic heterocycles. The quantitative estimate of drug-likeness (QED) is 0.891. The van der Waals surface area contributed by atoms with Crippen LogP contribution >= 0.6 is 11.3 Å². The van der Waals surface area contributed by atoms with E-state index in [1.165, 1.54) is 28.5 Å². The second-order valence-corrected chi connectivity index (χ2v) is 6.08. The van der Waals surface area contributed by atoms with Gasteiger partial charge in [-0.1, -0.05) is 13.0 Å². The Labute approximate surface area is 123 Å². The lowest BCUT2D eigenvalue weighted by atomic mass is 10.0. The first-order valence-electron chi connectivity index (χ1n) is 6.70. The molecule has 0 saturated carbocycles. The Morgan fingerprint density at radius 2 is 2.05 bits per heavy atom. The van der Waals surface area contributed by atoms with Gasteiger partial charge in [-0.15, -0.1) is 11.3 Å². The molecule has 0 fully saturated rings. The van der Waals surface area contributed by atoms with Crippen molar-refractivity contribution in [3.05, 3.63) is 51.0 Å². The zero-order valence-corrected chi connectivity index (χ0v) is 13.1. The molecule has 0 spiro atoms. The minimum Gasteiger partial charge on any atom is -0.494 e. The van der Waals surface area contributed by atoms with Crippen LogP contribution < -0.4 is 10.1 Å². The highest BCUT2D eigenvalue weighted by Gasteiger charge is 2.19. The average molecular weight is 293 g/mol. The summed E-state index contributed by atoms with van der Waals surface area (Å²) in [5.74, 6) is -0.0399. The molecule has 0 aliphatic rings. The van der Waals surface area contributed by atoms with Crippen LogP contribution in [0.15, 0.2) is 24.3 Å². The average Bonchev–Trinajstić information content (AvgIpc) is 2.75. The number of halogens is 1. The Morgan fingerprint density at radius 3 is 2.60 bits per heavy atom. The maximum atomic E-state index is 13.6. The van der Waals surface area contributed by atoms with Crippen molar-refractivity contribution in [2.24, 2.45) is 0 Å². The number of aryl methyl sites for hydroxylation is 2. The van der Waals surface area contributed by atoms with E-state index in [-0.39, 0.29) is 17.6 Å². The van der Waals surface area contributed by atoms with Gasteiger partial charge in [0.25, 0.3) is 0 Å². The number of thiophene rings is 1. The number of nitrogens with one attached hydrogen (secondary N) is 1. The van der Waals surface area contributed by atoms with Crippen LogP contribution in [0.3, 0.4) is 0 Å². The lowest BCUT2D eigenvalue weighted by molar-refractivity contribution is 0.385. The van der Waals surface area contributed by atoms with E-state index < -0.39 is 0 Å². The summed E-state index contributed by atoms with van der Waals surface area (Å²) in [5.41, 5.74) is 2.29. The maximum absolute atomic E-state index is 13.6. The highest BCUT2D eigenvalue weighted by atomic mass is 32.1. The first-order chi connectivity index (χ1) is 9.56. The fourth-order valence-corrected chi connectivity index (χ4v) is 3.51. The largest absolute Gasteiger partial charge is 0.494 e. The molecule has 20 heavy (non-hydrogen) atoms. The summed E-state index contributed by atoms with van der Waals surface area (Å²) >= 11 is 1.78. The maximum Gasteiger partial charge on any atom is 0.165 e. The minimum atomic E-state index is -0.328. The monoisotopic (exact) mass is 293 g/mol. The van der Waals surface area contributed by atoms with Gasteiger partial charge in [0.05, 0.1) is 13.2 Å². The van der Waals surface area contributed by atoms with E-state index >= 15 is 0 Å². The summed E-state index contributed by atoms with van der Waals surface area (Å²) in [5, 5.41) is 3.47. The molecule has 1 unspecified atom stereocenters. The van der Waals surface area contributed by atoms with E-state index in [0.717, 1.165) is 12.1 Å². The summed E-state index contributed by atoms with van der Waals surface area (Å²) in [6.07, 6.45) is 0. The normalized spacial score (nSPS) is 12.4. The number of hydrogen-bond donors (Lipinski definition) is 1. The Bertz CT molecular complexity index is 594. The third kappa shape index (κ3) is 3.02. The topological polar surface area (TPSA) is 21.3 Å². The lowest BCUT2D eigenvalue weighted by Crippen LogP contribution is -2.21. The molecule has 2 aromatic rings. The summed E-state index contributed by atoms with van der Waals surface area (Å²) in [6, 6.07) is 7.32. The molecule has 0 saturated heterocycles. The molecule has 1 heterocycles. The van der Waals surface area contributed by atoms with Crippen LogP contribution in [0, 0.1) is 19.7 Å². The van der Waals surface area contributed by atoms with Gasteiger partial charge >= 0.3 is 0 Å². The van der Waals surface area contributed by atoms with Crippen molar-refractivity contribution in [3.63, 3.8) is 0 Å². The van der Waals surface area contributed by atoms with Crippen LogP contribution in [0.1, 0.15) is 33.8 Å². The van der Waals surface area contributed by atoms with Crippen LogP contribution in [0.2, 0.25) is 0 Å². The van der Waals surface area contributed by atoms with Crippen LogP contribution in [-0.2, 0) is 0 Å². The van der Waals surface area contributed by atoms with Crippen molar-refractivity contribution in [2.75, 3.05) is 13.7 Å². The molecule has 0 bridgehead atoms. The van der Waals surface area contributed by atoms with Crippen LogP contribution in [0.25, 0.3) is 0 Å². The zero-order chi connectivity index (χ0) is 14.7. The predicted octanol–water partition coefficient (Wildman–Crippen LogP) is 4.21. The molecule has 0 amide bonds. The van der Waals surface area contributed by atoms with Gasteiger partial charge in [0.1, 0.15) is 0 Å². The molecule has 2 rings (SSSR count). The minimum absolute atomic E-state index is 0.0770.